The van der Waals surface area contributed by atoms with Crippen LogP contribution in [0.3, 0.4) is 0 Å². The zero-order chi connectivity index (χ0) is 18.5. The summed E-state index contributed by atoms with van der Waals surface area (Å²) < 4.78 is 0. The van der Waals surface area contributed by atoms with Crippen molar-refractivity contribution in [1.82, 2.24) is 0 Å². The number of anilines is 1. The van der Waals surface area contributed by atoms with E-state index >= 15 is 0 Å². The van der Waals surface area contributed by atoms with E-state index in [0.29, 0.717) is 5.56 Å². The van der Waals surface area contributed by atoms with E-state index in [1.54, 1.807) is 12.1 Å². The van der Waals surface area contributed by atoms with Gasteiger partial charge < -0.3 is 10.0 Å². The van der Waals surface area contributed by atoms with Crippen LogP contribution in [0.5, 0.6) is 0 Å². The highest BCUT2D eigenvalue weighted by atomic mass is 16.4. The Kier molecular flexibility index (Phi) is 5.37. The molecule has 0 spiro atoms. The minimum absolute atomic E-state index is 0.0203. The molecule has 0 radical (unpaired) electrons. The molecule has 0 unspecified atom stereocenters. The molecule has 0 saturated carbocycles. The first-order chi connectivity index (χ1) is 12.6. The van der Waals surface area contributed by atoms with Gasteiger partial charge in [0.2, 0.25) is 0 Å². The van der Waals surface area contributed by atoms with Gasteiger partial charge in [0.25, 0.3) is 0 Å². The molecule has 3 nitrogen and oxygen atoms in total. The molecule has 0 amide bonds. The van der Waals surface area contributed by atoms with E-state index < -0.39 is 5.97 Å². The van der Waals surface area contributed by atoms with E-state index in [1.165, 1.54) is 0 Å². The van der Waals surface area contributed by atoms with Crippen molar-refractivity contribution < 1.29 is 9.90 Å². The van der Waals surface area contributed by atoms with Crippen LogP contribution >= 0.6 is 0 Å². The van der Waals surface area contributed by atoms with Crippen LogP contribution in [0.2, 0.25) is 0 Å². The third-order valence-corrected chi connectivity index (χ3v) is 4.81. The van der Waals surface area contributed by atoms with Crippen molar-refractivity contribution in [2.75, 3.05) is 4.90 Å². The molecule has 1 N–H and O–H groups in total. The molecule has 3 aromatic carbocycles. The Bertz CT molecular complexity index is 816. The lowest BCUT2D eigenvalue weighted by atomic mass is 9.98. The molecular formula is C23H23NO2. The van der Waals surface area contributed by atoms with E-state index in [-0.39, 0.29) is 12.1 Å². The van der Waals surface area contributed by atoms with Gasteiger partial charge in [0.05, 0.1) is 23.3 Å². The first-order valence-electron chi connectivity index (χ1n) is 8.80. The van der Waals surface area contributed by atoms with E-state index in [4.69, 9.17) is 0 Å². The summed E-state index contributed by atoms with van der Waals surface area (Å²) in [6.45, 7) is 4.24. The number of carbonyl (C=O) groups is 1. The number of hydrogen-bond acceptors (Lipinski definition) is 2. The van der Waals surface area contributed by atoms with Crippen molar-refractivity contribution in [3.63, 3.8) is 0 Å². The molecule has 0 heterocycles. The fourth-order valence-electron chi connectivity index (χ4n) is 3.42. The average molecular weight is 345 g/mol. The van der Waals surface area contributed by atoms with Crippen molar-refractivity contribution in [1.29, 1.82) is 0 Å². The topological polar surface area (TPSA) is 40.5 Å². The third-order valence-electron chi connectivity index (χ3n) is 4.81. The summed E-state index contributed by atoms with van der Waals surface area (Å²) in [6, 6.07) is 27.6. The second-order valence-electron chi connectivity index (χ2n) is 6.40. The van der Waals surface area contributed by atoms with Crippen molar-refractivity contribution >= 4 is 11.7 Å². The third kappa shape index (κ3) is 3.62. The summed E-state index contributed by atoms with van der Waals surface area (Å²) in [5.74, 6) is -0.911. The second kappa shape index (κ2) is 7.87. The van der Waals surface area contributed by atoms with Crippen molar-refractivity contribution in [2.45, 2.75) is 25.9 Å². The van der Waals surface area contributed by atoms with Crippen LogP contribution in [0.15, 0.2) is 84.9 Å². The van der Waals surface area contributed by atoms with Gasteiger partial charge in [-0.05, 0) is 37.1 Å². The second-order valence-corrected chi connectivity index (χ2v) is 6.40. The summed E-state index contributed by atoms with van der Waals surface area (Å²) in [6.07, 6.45) is 0. The van der Waals surface area contributed by atoms with Gasteiger partial charge in [-0.1, -0.05) is 72.8 Å². The van der Waals surface area contributed by atoms with Crippen LogP contribution in [0.4, 0.5) is 5.69 Å². The molecule has 0 saturated heterocycles. The molecule has 0 aromatic heterocycles. The Balaban J connectivity index is 2.12. The Morgan fingerprint density at radius 1 is 0.731 bits per heavy atom. The molecule has 26 heavy (non-hydrogen) atoms. The molecule has 0 aliphatic heterocycles. The zero-order valence-corrected chi connectivity index (χ0v) is 15.0. The van der Waals surface area contributed by atoms with Crippen LogP contribution < -0.4 is 4.90 Å². The molecule has 2 atom stereocenters. The number of para-hydroxylation sites is 1. The largest absolute Gasteiger partial charge is 0.478 e. The standard InChI is InChI=1S/C23H23NO2/c1-17(19-11-5-3-6-12-19)24(18(2)20-13-7-4-8-14-20)22-16-10-9-15-21(22)23(25)26/h3-18H,1-2H3,(H,25,26)/t17-,18-/m0/s1. The number of aromatic carboxylic acids is 1. The molecule has 3 rings (SSSR count). The lowest BCUT2D eigenvalue weighted by Gasteiger charge is -2.38. The SMILES string of the molecule is C[C@@H](c1ccccc1)N(c1ccccc1C(=O)O)[C@@H](C)c1ccccc1. The normalized spacial score (nSPS) is 13.0. The van der Waals surface area contributed by atoms with Crippen LogP contribution in [0, 0.1) is 0 Å². The Labute approximate surface area is 154 Å². The highest BCUT2D eigenvalue weighted by molar-refractivity contribution is 5.94. The summed E-state index contributed by atoms with van der Waals surface area (Å²) >= 11 is 0. The fourth-order valence-corrected chi connectivity index (χ4v) is 3.42. The summed E-state index contributed by atoms with van der Waals surface area (Å²) in [4.78, 5) is 14.0. The van der Waals surface area contributed by atoms with Crippen LogP contribution in [-0.4, -0.2) is 11.1 Å². The minimum Gasteiger partial charge on any atom is -0.478 e. The minimum atomic E-state index is -0.911. The predicted octanol–water partition coefficient (Wildman–Crippen LogP) is 5.71. The first kappa shape index (κ1) is 17.7. The van der Waals surface area contributed by atoms with Crippen molar-refractivity contribution in [3.05, 3.63) is 102 Å². The molecule has 3 heteroatoms. The quantitative estimate of drug-likeness (QED) is 0.622. The predicted molar refractivity (Wildman–Crippen MR) is 106 cm³/mol. The molecular weight excluding hydrogens is 322 g/mol. The number of rotatable bonds is 6. The first-order valence-corrected chi connectivity index (χ1v) is 8.80. The Morgan fingerprint density at radius 2 is 1.15 bits per heavy atom. The van der Waals surface area contributed by atoms with Gasteiger partial charge in [-0.15, -0.1) is 0 Å². The Morgan fingerprint density at radius 3 is 1.62 bits per heavy atom. The van der Waals surface area contributed by atoms with Gasteiger partial charge in [-0.2, -0.15) is 0 Å². The average Bonchev–Trinajstić information content (AvgIpc) is 2.69. The van der Waals surface area contributed by atoms with Crippen LogP contribution in [-0.2, 0) is 0 Å². The van der Waals surface area contributed by atoms with Gasteiger partial charge in [0.1, 0.15) is 0 Å². The maximum atomic E-state index is 11.8. The monoisotopic (exact) mass is 345 g/mol. The maximum absolute atomic E-state index is 11.8. The number of carboxylic acids is 1. The van der Waals surface area contributed by atoms with E-state index in [1.807, 2.05) is 48.5 Å². The van der Waals surface area contributed by atoms with E-state index in [9.17, 15) is 9.90 Å². The molecule has 0 aliphatic carbocycles. The molecule has 0 fully saturated rings. The smallest absolute Gasteiger partial charge is 0.337 e. The van der Waals surface area contributed by atoms with Gasteiger partial charge >= 0.3 is 5.97 Å². The van der Waals surface area contributed by atoms with Gasteiger partial charge in [0, 0.05) is 0 Å². The molecule has 0 bridgehead atoms. The summed E-state index contributed by atoms with van der Waals surface area (Å²) in [5.41, 5.74) is 3.34. The lowest BCUT2D eigenvalue weighted by Crippen LogP contribution is -2.31. The molecule has 0 aliphatic rings. The summed E-state index contributed by atoms with van der Waals surface area (Å²) in [7, 11) is 0. The van der Waals surface area contributed by atoms with Crippen LogP contribution in [0.1, 0.15) is 47.4 Å². The molecule has 132 valence electrons. The zero-order valence-electron chi connectivity index (χ0n) is 15.0. The number of carboxylic acid groups (broad SMARTS) is 1. The number of nitrogens with zero attached hydrogens (tertiary/aromatic N) is 1. The highest BCUT2D eigenvalue weighted by Crippen LogP contribution is 2.37. The van der Waals surface area contributed by atoms with Crippen molar-refractivity contribution in [2.24, 2.45) is 0 Å². The number of hydrogen-bond donors (Lipinski definition) is 1. The van der Waals surface area contributed by atoms with E-state index in [2.05, 4.69) is 43.0 Å². The Hall–Kier alpha value is -3.07. The van der Waals surface area contributed by atoms with Gasteiger partial charge in [-0.3, -0.25) is 0 Å². The summed E-state index contributed by atoms with van der Waals surface area (Å²) in [5, 5.41) is 9.69. The molecule has 3 aromatic rings. The lowest BCUT2D eigenvalue weighted by molar-refractivity contribution is 0.0697. The van der Waals surface area contributed by atoms with E-state index in [0.717, 1.165) is 16.8 Å². The van der Waals surface area contributed by atoms with Crippen molar-refractivity contribution in [3.8, 4) is 0 Å². The van der Waals surface area contributed by atoms with Gasteiger partial charge in [-0.25, -0.2) is 4.79 Å². The fraction of sp³-hybridized carbons (Fsp3) is 0.174. The number of benzene rings is 3. The van der Waals surface area contributed by atoms with Gasteiger partial charge in [0.15, 0.2) is 0 Å². The van der Waals surface area contributed by atoms with Crippen LogP contribution in [0.25, 0.3) is 0 Å². The maximum Gasteiger partial charge on any atom is 0.337 e. The highest BCUT2D eigenvalue weighted by Gasteiger charge is 2.26.